The Hall–Kier alpha value is -1.50. The van der Waals surface area contributed by atoms with Crippen LogP contribution in [-0.4, -0.2) is 68.0 Å². The van der Waals surface area contributed by atoms with Gasteiger partial charge in [0.2, 0.25) is 0 Å². The minimum atomic E-state index is -0.207. The zero-order valence-corrected chi connectivity index (χ0v) is 17.2. The van der Waals surface area contributed by atoms with Crippen molar-refractivity contribution in [3.63, 3.8) is 0 Å². The maximum atomic E-state index is 11.8. The van der Waals surface area contributed by atoms with E-state index in [4.69, 9.17) is 9.47 Å². The third-order valence-corrected chi connectivity index (χ3v) is 6.27. The summed E-state index contributed by atoms with van der Waals surface area (Å²) in [6.07, 6.45) is 2.55. The molecule has 7 heteroatoms. The summed E-state index contributed by atoms with van der Waals surface area (Å²) in [7, 11) is 1.79. The summed E-state index contributed by atoms with van der Waals surface area (Å²) in [6.45, 7) is 13.1. The smallest absolute Gasteiger partial charge is 0.409 e. The lowest BCUT2D eigenvalue weighted by Crippen LogP contribution is -2.70. The number of carbonyl (C=O) groups is 1. The first-order valence-electron chi connectivity index (χ1n) is 9.81. The minimum absolute atomic E-state index is 0.0330. The number of likely N-dealkylation sites (tertiary alicyclic amines) is 1. The normalized spacial score (nSPS) is 29.1. The number of methoxy groups -OCH3 is 1. The van der Waals surface area contributed by atoms with Crippen LogP contribution in [0.1, 0.15) is 53.9 Å². The maximum absolute atomic E-state index is 11.8. The van der Waals surface area contributed by atoms with Gasteiger partial charge in [-0.3, -0.25) is 4.99 Å². The van der Waals surface area contributed by atoms with Gasteiger partial charge in [0.25, 0.3) is 0 Å². The number of hydrogen-bond donors (Lipinski definition) is 2. The van der Waals surface area contributed by atoms with Crippen LogP contribution >= 0.6 is 0 Å². The summed E-state index contributed by atoms with van der Waals surface area (Å²) in [5, 5.41) is 7.14. The summed E-state index contributed by atoms with van der Waals surface area (Å²) in [5.41, 5.74) is -0.0712. The van der Waals surface area contributed by atoms with Crippen LogP contribution in [0, 0.1) is 5.41 Å². The summed E-state index contributed by atoms with van der Waals surface area (Å²) >= 11 is 0. The molecular weight excluding hydrogens is 332 g/mol. The molecule has 1 heterocycles. The summed E-state index contributed by atoms with van der Waals surface area (Å²) in [4.78, 5) is 18.2. The van der Waals surface area contributed by atoms with E-state index < -0.39 is 0 Å². The molecule has 7 nitrogen and oxygen atoms in total. The molecule has 2 unspecified atom stereocenters. The number of carbonyl (C=O) groups excluding carboxylic acids is 1. The number of guanidine groups is 1. The van der Waals surface area contributed by atoms with E-state index in [2.05, 4.69) is 36.4 Å². The van der Waals surface area contributed by atoms with Gasteiger partial charge >= 0.3 is 6.09 Å². The van der Waals surface area contributed by atoms with Crippen LogP contribution in [0.5, 0.6) is 0 Å². The maximum Gasteiger partial charge on any atom is 0.409 e. The van der Waals surface area contributed by atoms with Gasteiger partial charge in [0.05, 0.1) is 12.2 Å². The highest BCUT2D eigenvalue weighted by atomic mass is 16.6. The molecule has 1 saturated heterocycles. The van der Waals surface area contributed by atoms with Gasteiger partial charge in [0.1, 0.15) is 0 Å². The highest BCUT2D eigenvalue weighted by Crippen LogP contribution is 2.51. The molecule has 0 aromatic rings. The molecule has 1 aliphatic heterocycles. The van der Waals surface area contributed by atoms with Crippen LogP contribution in [-0.2, 0) is 9.47 Å². The Balaban J connectivity index is 1.87. The second-order valence-corrected chi connectivity index (χ2v) is 7.99. The third kappa shape index (κ3) is 4.24. The Labute approximate surface area is 157 Å². The fourth-order valence-electron chi connectivity index (χ4n) is 3.79. The molecule has 1 amide bonds. The number of nitrogens with one attached hydrogen (secondary N) is 2. The van der Waals surface area contributed by atoms with Crippen molar-refractivity contribution in [1.29, 1.82) is 0 Å². The summed E-state index contributed by atoms with van der Waals surface area (Å²) in [5.74, 6) is 0.860. The Bertz CT molecular complexity index is 515. The molecule has 2 aliphatic rings. The van der Waals surface area contributed by atoms with E-state index in [1.807, 2.05) is 13.8 Å². The number of amides is 1. The van der Waals surface area contributed by atoms with Crippen molar-refractivity contribution in [2.75, 3.05) is 33.4 Å². The predicted octanol–water partition coefficient (Wildman–Crippen LogP) is 2.37. The monoisotopic (exact) mass is 368 g/mol. The molecule has 2 rings (SSSR count). The molecule has 2 N–H and O–H groups in total. The number of piperidine rings is 1. The highest BCUT2D eigenvalue weighted by molar-refractivity contribution is 5.80. The van der Waals surface area contributed by atoms with E-state index >= 15 is 0 Å². The van der Waals surface area contributed by atoms with Crippen LogP contribution < -0.4 is 10.6 Å². The molecule has 1 saturated carbocycles. The zero-order valence-electron chi connectivity index (χ0n) is 17.2. The van der Waals surface area contributed by atoms with E-state index in [0.29, 0.717) is 31.8 Å². The average Bonchev–Trinajstić information content (AvgIpc) is 2.62. The molecule has 2 atom stereocenters. The lowest BCUT2D eigenvalue weighted by Gasteiger charge is -2.59. The van der Waals surface area contributed by atoms with Crippen molar-refractivity contribution in [2.45, 2.75) is 71.6 Å². The van der Waals surface area contributed by atoms with Crippen LogP contribution in [0.2, 0.25) is 0 Å². The minimum Gasteiger partial charge on any atom is -0.450 e. The Morgan fingerprint density at radius 2 is 1.85 bits per heavy atom. The molecule has 0 aromatic heterocycles. The van der Waals surface area contributed by atoms with Crippen molar-refractivity contribution in [1.82, 2.24) is 15.5 Å². The SMILES string of the molecule is CCN=C(NC1CCN(C(=O)OCC)CC1)NC1CC(C)(OC)C1(C)C. The first-order chi connectivity index (χ1) is 12.3. The molecule has 1 aliphatic carbocycles. The summed E-state index contributed by atoms with van der Waals surface area (Å²) in [6, 6.07) is 0.639. The quantitative estimate of drug-likeness (QED) is 0.576. The predicted molar refractivity (Wildman–Crippen MR) is 103 cm³/mol. The Kier molecular flexibility index (Phi) is 6.77. The lowest BCUT2D eigenvalue weighted by molar-refractivity contribution is -0.176. The first-order valence-corrected chi connectivity index (χ1v) is 9.81. The van der Waals surface area contributed by atoms with E-state index in [1.165, 1.54) is 0 Å². The van der Waals surface area contributed by atoms with Gasteiger partial charge in [-0.25, -0.2) is 4.79 Å². The second-order valence-electron chi connectivity index (χ2n) is 7.99. The lowest BCUT2D eigenvalue weighted by atomic mass is 9.56. The third-order valence-electron chi connectivity index (χ3n) is 6.27. The standard InChI is InChI=1S/C19H36N4O3/c1-7-20-16(22-15-13-19(5,25-6)18(15,3)4)21-14-9-11-23(12-10-14)17(24)26-8-2/h14-15H,7-13H2,1-6H3,(H2,20,21,22). The van der Waals surface area contributed by atoms with Gasteiger partial charge in [-0.15, -0.1) is 0 Å². The van der Waals surface area contributed by atoms with Gasteiger partial charge in [-0.2, -0.15) is 0 Å². The van der Waals surface area contributed by atoms with Gasteiger partial charge in [-0.05, 0) is 40.0 Å². The summed E-state index contributed by atoms with van der Waals surface area (Å²) < 4.78 is 10.8. The molecule has 0 spiro atoms. The van der Waals surface area contributed by atoms with Crippen LogP contribution in [0.15, 0.2) is 4.99 Å². The van der Waals surface area contributed by atoms with Gasteiger partial charge in [0.15, 0.2) is 5.96 Å². The zero-order chi connectivity index (χ0) is 19.4. The molecule has 0 aromatic carbocycles. The van der Waals surface area contributed by atoms with Crippen molar-refractivity contribution >= 4 is 12.1 Å². The number of hydrogen-bond acceptors (Lipinski definition) is 4. The van der Waals surface area contributed by atoms with Crippen molar-refractivity contribution in [2.24, 2.45) is 10.4 Å². The number of nitrogens with zero attached hydrogens (tertiary/aromatic N) is 2. The average molecular weight is 369 g/mol. The fourth-order valence-corrected chi connectivity index (χ4v) is 3.79. The highest BCUT2D eigenvalue weighted by Gasteiger charge is 2.58. The molecule has 0 bridgehead atoms. The van der Waals surface area contributed by atoms with E-state index in [-0.39, 0.29) is 17.1 Å². The van der Waals surface area contributed by atoms with E-state index in [1.54, 1.807) is 12.0 Å². The van der Waals surface area contributed by atoms with Crippen molar-refractivity contribution in [3.05, 3.63) is 0 Å². The van der Waals surface area contributed by atoms with Gasteiger partial charge in [-0.1, -0.05) is 13.8 Å². The topological polar surface area (TPSA) is 75.2 Å². The second kappa shape index (κ2) is 8.46. The van der Waals surface area contributed by atoms with Gasteiger partial charge in [0, 0.05) is 44.2 Å². The van der Waals surface area contributed by atoms with Crippen molar-refractivity contribution < 1.29 is 14.3 Å². The van der Waals surface area contributed by atoms with Gasteiger partial charge < -0.3 is 25.0 Å². The van der Waals surface area contributed by atoms with Crippen molar-refractivity contribution in [3.8, 4) is 0 Å². The number of aliphatic imine (C=N–C) groups is 1. The first kappa shape index (κ1) is 20.8. The molecule has 26 heavy (non-hydrogen) atoms. The molecule has 2 fully saturated rings. The van der Waals surface area contributed by atoms with Crippen LogP contribution in [0.3, 0.4) is 0 Å². The van der Waals surface area contributed by atoms with E-state index in [0.717, 1.165) is 31.8 Å². The van der Waals surface area contributed by atoms with Crippen LogP contribution in [0.25, 0.3) is 0 Å². The van der Waals surface area contributed by atoms with E-state index in [9.17, 15) is 4.79 Å². The molecule has 0 radical (unpaired) electrons. The number of ether oxygens (including phenoxy) is 2. The molecular formula is C19H36N4O3. The van der Waals surface area contributed by atoms with Crippen LogP contribution in [0.4, 0.5) is 4.79 Å². The number of rotatable bonds is 5. The Morgan fingerprint density at radius 1 is 1.19 bits per heavy atom. The fraction of sp³-hybridized carbons (Fsp3) is 0.895. The Morgan fingerprint density at radius 3 is 2.35 bits per heavy atom. The largest absolute Gasteiger partial charge is 0.450 e. The molecule has 150 valence electrons.